The lowest BCUT2D eigenvalue weighted by atomic mass is 10.0. The molecule has 0 spiro atoms. The van der Waals surface area contributed by atoms with Crippen LogP contribution in [0.4, 0.5) is 19.0 Å². The van der Waals surface area contributed by atoms with Crippen LogP contribution in [0.2, 0.25) is 0 Å². The van der Waals surface area contributed by atoms with Crippen molar-refractivity contribution in [3.05, 3.63) is 35.8 Å². The van der Waals surface area contributed by atoms with Crippen molar-refractivity contribution in [2.75, 3.05) is 11.9 Å². The second-order valence-corrected chi connectivity index (χ2v) is 6.38. The average Bonchev–Trinajstić information content (AvgIpc) is 2.98. The quantitative estimate of drug-likeness (QED) is 0.784. The Labute approximate surface area is 151 Å². The lowest BCUT2D eigenvalue weighted by molar-refractivity contribution is -0.260. The van der Waals surface area contributed by atoms with Crippen molar-refractivity contribution in [2.24, 2.45) is 7.05 Å². The van der Waals surface area contributed by atoms with Crippen LogP contribution in [0.3, 0.4) is 0 Å². The van der Waals surface area contributed by atoms with Crippen LogP contribution in [0.15, 0.2) is 18.7 Å². The molecule has 9 nitrogen and oxygen atoms in total. The number of alkyl halides is 3. The predicted octanol–water partition coefficient (Wildman–Crippen LogP) is 0.348. The third-order valence-corrected chi connectivity index (χ3v) is 4.43. The molecule has 1 amide bonds. The van der Waals surface area contributed by atoms with Gasteiger partial charge in [-0.2, -0.15) is 13.2 Å². The van der Waals surface area contributed by atoms with E-state index >= 15 is 0 Å². The molecule has 27 heavy (non-hydrogen) atoms. The normalized spacial score (nSPS) is 19.9. The fourth-order valence-corrected chi connectivity index (χ4v) is 2.64. The van der Waals surface area contributed by atoms with Gasteiger partial charge in [-0.25, -0.2) is 4.98 Å². The maximum Gasteiger partial charge on any atom is 0.422 e. The summed E-state index contributed by atoms with van der Waals surface area (Å²) >= 11 is 0. The minimum Gasteiger partial charge on any atom is -0.375 e. The Kier molecular flexibility index (Phi) is 4.35. The van der Waals surface area contributed by atoms with Gasteiger partial charge in [0.05, 0.1) is 36.7 Å². The molecule has 0 aromatic carbocycles. The maximum atomic E-state index is 12.9. The van der Waals surface area contributed by atoms with Gasteiger partial charge in [-0.1, -0.05) is 0 Å². The molecule has 0 saturated carbocycles. The molecule has 0 bridgehead atoms. The highest BCUT2D eigenvalue weighted by molar-refractivity contribution is 5.99. The molecule has 2 N–H and O–H groups in total. The number of hydrogen-bond acceptors (Lipinski definition) is 7. The summed E-state index contributed by atoms with van der Waals surface area (Å²) in [7, 11) is 3.17. The number of halogens is 3. The second kappa shape index (κ2) is 6.16. The molecule has 0 aliphatic carbocycles. The number of aromatic nitrogens is 4. The van der Waals surface area contributed by atoms with Crippen molar-refractivity contribution in [3.8, 4) is 0 Å². The number of nitrogens with zero attached hydrogens (tertiary/aromatic N) is 6. The number of imidazole rings is 1. The number of aryl methyl sites for hydroxylation is 1. The number of anilines is 1. The summed E-state index contributed by atoms with van der Waals surface area (Å²) in [6.45, 7) is 0.379. The molecule has 3 rings (SSSR count). The molecule has 2 unspecified atom stereocenters. The first kappa shape index (κ1) is 19.0. The highest BCUT2D eigenvalue weighted by atomic mass is 19.4. The Morgan fingerprint density at radius 3 is 2.41 bits per heavy atom. The molecule has 146 valence electrons. The molecule has 0 fully saturated rings. The molecule has 2 atom stereocenters. The second-order valence-electron chi connectivity index (χ2n) is 6.38. The molecule has 2 aromatic rings. The first-order valence-electron chi connectivity index (χ1n) is 7.79. The lowest BCUT2D eigenvalue weighted by Crippen LogP contribution is -2.54. The summed E-state index contributed by atoms with van der Waals surface area (Å²) in [5.74, 6) is -0.197. The van der Waals surface area contributed by atoms with Crippen molar-refractivity contribution < 1.29 is 28.2 Å². The number of aliphatic hydroxyl groups excluding tert-OH is 1. The molecule has 3 heterocycles. The van der Waals surface area contributed by atoms with Crippen molar-refractivity contribution >= 4 is 11.7 Å². The van der Waals surface area contributed by atoms with Crippen molar-refractivity contribution in [1.82, 2.24) is 24.4 Å². The van der Waals surface area contributed by atoms with E-state index in [1.54, 1.807) is 14.1 Å². The summed E-state index contributed by atoms with van der Waals surface area (Å²) in [4.78, 5) is 26.6. The lowest BCUT2D eigenvalue weighted by Gasteiger charge is -2.38. The smallest absolute Gasteiger partial charge is 0.375 e. The van der Waals surface area contributed by atoms with Gasteiger partial charge in [0.25, 0.3) is 5.91 Å². The zero-order valence-electron chi connectivity index (χ0n) is 14.6. The standard InChI is InChI=1S/C15H17F3N6O3/c1-14(27,15(16,17)18)9-5-19-8(4-20-9)6-24-12(25)10-11(21-7-22(10)2)23(3)13(24)26/h4-5,7,13,26-27H,6H2,1-3H3. The Balaban J connectivity index is 1.86. The minimum atomic E-state index is -4.92. The van der Waals surface area contributed by atoms with Gasteiger partial charge in [0.2, 0.25) is 12.0 Å². The van der Waals surface area contributed by atoms with E-state index < -0.39 is 29.7 Å². The topological polar surface area (TPSA) is 108 Å². The number of hydrogen-bond donors (Lipinski definition) is 2. The zero-order valence-corrected chi connectivity index (χ0v) is 14.6. The summed E-state index contributed by atoms with van der Waals surface area (Å²) in [5, 5.41) is 20.0. The van der Waals surface area contributed by atoms with Gasteiger partial charge in [-0.15, -0.1) is 0 Å². The van der Waals surface area contributed by atoms with E-state index in [1.165, 1.54) is 15.8 Å². The summed E-state index contributed by atoms with van der Waals surface area (Å²) in [5.41, 5.74) is -3.42. The van der Waals surface area contributed by atoms with E-state index in [9.17, 15) is 28.2 Å². The Bertz CT molecular complexity index is 865. The van der Waals surface area contributed by atoms with Gasteiger partial charge in [0.1, 0.15) is 0 Å². The number of carbonyl (C=O) groups excluding carboxylic acids is 1. The monoisotopic (exact) mass is 386 g/mol. The van der Waals surface area contributed by atoms with Crippen LogP contribution in [0.1, 0.15) is 28.8 Å². The van der Waals surface area contributed by atoms with E-state index in [0.29, 0.717) is 12.7 Å². The maximum absolute atomic E-state index is 12.9. The summed E-state index contributed by atoms with van der Waals surface area (Å²) in [6, 6.07) is 0. The fourth-order valence-electron chi connectivity index (χ4n) is 2.64. The van der Waals surface area contributed by atoms with E-state index in [4.69, 9.17) is 0 Å². The van der Waals surface area contributed by atoms with Crippen LogP contribution < -0.4 is 4.90 Å². The minimum absolute atomic E-state index is 0.142. The number of rotatable bonds is 3. The summed E-state index contributed by atoms with van der Waals surface area (Å²) in [6.07, 6.45) is -3.00. The number of carbonyl (C=O) groups is 1. The SMILES string of the molecule is CN1c2ncn(C)c2C(=O)N(Cc2cnc(C(C)(O)C(F)(F)F)cn2)C1O. The van der Waals surface area contributed by atoms with Gasteiger partial charge in [0.15, 0.2) is 11.5 Å². The highest BCUT2D eigenvalue weighted by Gasteiger charge is 2.52. The largest absolute Gasteiger partial charge is 0.422 e. The molecular formula is C15H17F3N6O3. The molecule has 12 heteroatoms. The number of amides is 1. The highest BCUT2D eigenvalue weighted by Crippen LogP contribution is 2.37. The zero-order chi connectivity index (χ0) is 20.1. The first-order chi connectivity index (χ1) is 12.4. The average molecular weight is 386 g/mol. The Morgan fingerprint density at radius 1 is 1.19 bits per heavy atom. The van der Waals surface area contributed by atoms with Gasteiger partial charge in [-0.05, 0) is 6.92 Å². The Morgan fingerprint density at radius 2 is 1.85 bits per heavy atom. The van der Waals surface area contributed by atoms with Crippen molar-refractivity contribution in [3.63, 3.8) is 0 Å². The van der Waals surface area contributed by atoms with Gasteiger partial charge in [-0.3, -0.25) is 19.7 Å². The Hall–Kier alpha value is -2.73. The van der Waals surface area contributed by atoms with Crippen molar-refractivity contribution in [2.45, 2.75) is 31.6 Å². The molecule has 0 radical (unpaired) electrons. The molecule has 0 saturated heterocycles. The van der Waals surface area contributed by atoms with Crippen molar-refractivity contribution in [1.29, 1.82) is 0 Å². The fraction of sp³-hybridized carbons (Fsp3) is 0.467. The van der Waals surface area contributed by atoms with Gasteiger partial charge < -0.3 is 19.7 Å². The molecule has 2 aromatic heterocycles. The van der Waals surface area contributed by atoms with E-state index in [1.807, 2.05) is 0 Å². The first-order valence-corrected chi connectivity index (χ1v) is 7.79. The number of fused-ring (bicyclic) bond motifs is 1. The number of aliphatic hydroxyl groups is 2. The molecule has 1 aliphatic heterocycles. The summed E-state index contributed by atoms with van der Waals surface area (Å²) < 4.78 is 40.1. The van der Waals surface area contributed by atoms with Crippen LogP contribution in [0.25, 0.3) is 0 Å². The third kappa shape index (κ3) is 3.00. The van der Waals surface area contributed by atoms with Crippen LogP contribution in [0, 0.1) is 0 Å². The molecular weight excluding hydrogens is 369 g/mol. The van der Waals surface area contributed by atoms with Gasteiger partial charge >= 0.3 is 6.18 Å². The van der Waals surface area contributed by atoms with Crippen LogP contribution in [-0.2, 0) is 19.2 Å². The third-order valence-electron chi connectivity index (χ3n) is 4.43. The van der Waals surface area contributed by atoms with E-state index in [2.05, 4.69) is 15.0 Å². The van der Waals surface area contributed by atoms with E-state index in [-0.39, 0.29) is 17.9 Å². The van der Waals surface area contributed by atoms with Crippen LogP contribution in [-0.4, -0.2) is 60.1 Å². The predicted molar refractivity (Wildman–Crippen MR) is 85.1 cm³/mol. The molecule has 1 aliphatic rings. The van der Waals surface area contributed by atoms with Gasteiger partial charge in [0, 0.05) is 14.1 Å². The van der Waals surface area contributed by atoms with Crippen LogP contribution in [0.5, 0.6) is 0 Å². The van der Waals surface area contributed by atoms with E-state index in [0.717, 1.165) is 17.3 Å². The van der Waals surface area contributed by atoms with Crippen LogP contribution >= 0.6 is 0 Å².